The van der Waals surface area contributed by atoms with Crippen LogP contribution in [-0.4, -0.2) is 50.9 Å². The van der Waals surface area contributed by atoms with Crippen LogP contribution < -0.4 is 14.4 Å². The van der Waals surface area contributed by atoms with Crippen LogP contribution in [-0.2, 0) is 26.2 Å². The molecular formula is C32H40FN3O5S. The number of nitrogens with one attached hydrogen (secondary N) is 1. The van der Waals surface area contributed by atoms with E-state index in [1.807, 2.05) is 27.7 Å². The molecular weight excluding hydrogens is 557 g/mol. The highest BCUT2D eigenvalue weighted by molar-refractivity contribution is 7.92. The van der Waals surface area contributed by atoms with E-state index in [0.717, 1.165) is 9.87 Å². The standard InChI is InChI=1S/C32H40FN3O5S/c1-6-30(32(38)34-20-23(3)4)35(21-25-10-12-26(33)13-11-25)31(37)22-36(27-14-8-24(5)9-15-27)42(39,40)29-18-16-28(17-19-29)41-7-2/h8-19,23,30H,6-7,20-22H2,1-5H3,(H,34,38). The highest BCUT2D eigenvalue weighted by atomic mass is 32.2. The molecule has 0 aliphatic carbocycles. The zero-order chi connectivity index (χ0) is 30.9. The average molecular weight is 598 g/mol. The van der Waals surface area contributed by atoms with Crippen LogP contribution >= 0.6 is 0 Å². The molecule has 1 N–H and O–H groups in total. The predicted octanol–water partition coefficient (Wildman–Crippen LogP) is 5.31. The van der Waals surface area contributed by atoms with Crippen LogP contribution in [0.5, 0.6) is 5.75 Å². The normalized spacial score (nSPS) is 12.1. The van der Waals surface area contributed by atoms with Gasteiger partial charge >= 0.3 is 0 Å². The summed E-state index contributed by atoms with van der Waals surface area (Å²) >= 11 is 0. The lowest BCUT2D eigenvalue weighted by Crippen LogP contribution is -2.52. The Labute approximate surface area is 248 Å². The Morgan fingerprint density at radius 1 is 0.929 bits per heavy atom. The van der Waals surface area contributed by atoms with Gasteiger partial charge in [-0.3, -0.25) is 13.9 Å². The van der Waals surface area contributed by atoms with Crippen molar-refractivity contribution in [2.45, 2.75) is 58.5 Å². The van der Waals surface area contributed by atoms with Gasteiger partial charge in [-0.05, 0) is 80.3 Å². The first-order chi connectivity index (χ1) is 20.0. The van der Waals surface area contributed by atoms with Gasteiger partial charge in [0, 0.05) is 13.1 Å². The number of nitrogens with zero attached hydrogens (tertiary/aromatic N) is 2. The van der Waals surface area contributed by atoms with Crippen LogP contribution in [0.15, 0.2) is 77.7 Å². The van der Waals surface area contributed by atoms with E-state index in [2.05, 4.69) is 5.32 Å². The van der Waals surface area contributed by atoms with E-state index in [-0.39, 0.29) is 23.3 Å². The lowest BCUT2D eigenvalue weighted by Gasteiger charge is -2.33. The van der Waals surface area contributed by atoms with Crippen molar-refractivity contribution in [1.29, 1.82) is 0 Å². The van der Waals surface area contributed by atoms with Crippen LogP contribution in [0.4, 0.5) is 10.1 Å². The van der Waals surface area contributed by atoms with Crippen LogP contribution in [0.2, 0.25) is 0 Å². The monoisotopic (exact) mass is 597 g/mol. The van der Waals surface area contributed by atoms with E-state index in [1.54, 1.807) is 55.5 Å². The molecule has 3 aromatic rings. The minimum absolute atomic E-state index is 0.00242. The molecule has 0 spiro atoms. The van der Waals surface area contributed by atoms with E-state index >= 15 is 0 Å². The maximum absolute atomic E-state index is 14.1. The number of carbonyl (C=O) groups is 2. The summed E-state index contributed by atoms with van der Waals surface area (Å²) in [5.41, 5.74) is 1.84. The van der Waals surface area contributed by atoms with Crippen molar-refractivity contribution in [3.8, 4) is 5.75 Å². The van der Waals surface area contributed by atoms with Gasteiger partial charge in [0.15, 0.2) is 0 Å². The molecule has 3 aromatic carbocycles. The van der Waals surface area contributed by atoms with Crippen LogP contribution in [0, 0.1) is 18.7 Å². The molecule has 226 valence electrons. The molecule has 0 aliphatic heterocycles. The molecule has 0 radical (unpaired) electrons. The van der Waals surface area contributed by atoms with Gasteiger partial charge in [-0.25, -0.2) is 12.8 Å². The first-order valence-corrected chi connectivity index (χ1v) is 15.5. The molecule has 42 heavy (non-hydrogen) atoms. The minimum atomic E-state index is -4.20. The summed E-state index contributed by atoms with van der Waals surface area (Å²) < 4.78 is 48.1. The summed E-state index contributed by atoms with van der Waals surface area (Å²) in [5, 5.41) is 2.89. The third kappa shape index (κ3) is 8.55. The summed E-state index contributed by atoms with van der Waals surface area (Å²) in [6, 6.07) is 17.6. The maximum Gasteiger partial charge on any atom is 0.264 e. The molecule has 0 saturated carbocycles. The molecule has 0 aliphatic rings. The number of rotatable bonds is 14. The van der Waals surface area contributed by atoms with Crippen molar-refractivity contribution in [3.63, 3.8) is 0 Å². The smallest absolute Gasteiger partial charge is 0.264 e. The Balaban J connectivity index is 2.03. The summed E-state index contributed by atoms with van der Waals surface area (Å²) in [7, 11) is -4.20. The van der Waals surface area contributed by atoms with Crippen molar-refractivity contribution in [1.82, 2.24) is 10.2 Å². The molecule has 0 bridgehead atoms. The molecule has 1 atom stereocenters. The number of carbonyl (C=O) groups excluding carboxylic acids is 2. The van der Waals surface area contributed by atoms with Gasteiger partial charge in [0.05, 0.1) is 17.2 Å². The number of halogens is 1. The van der Waals surface area contributed by atoms with Crippen LogP contribution in [0.25, 0.3) is 0 Å². The zero-order valence-electron chi connectivity index (χ0n) is 24.8. The van der Waals surface area contributed by atoms with E-state index in [0.29, 0.717) is 36.6 Å². The summed E-state index contributed by atoms with van der Waals surface area (Å²) in [5.74, 6) is -0.605. The van der Waals surface area contributed by atoms with Crippen LogP contribution in [0.3, 0.4) is 0 Å². The highest BCUT2D eigenvalue weighted by Crippen LogP contribution is 2.26. The Hall–Kier alpha value is -3.92. The van der Waals surface area contributed by atoms with Crippen LogP contribution in [0.1, 0.15) is 45.2 Å². The van der Waals surface area contributed by atoms with Crippen molar-refractivity contribution >= 4 is 27.5 Å². The van der Waals surface area contributed by atoms with Gasteiger partial charge in [0.1, 0.15) is 24.2 Å². The molecule has 0 aromatic heterocycles. The average Bonchev–Trinajstić information content (AvgIpc) is 2.96. The molecule has 8 nitrogen and oxygen atoms in total. The Bertz CT molecular complexity index is 1430. The van der Waals surface area contributed by atoms with E-state index in [1.165, 1.54) is 29.2 Å². The predicted molar refractivity (Wildman–Crippen MR) is 162 cm³/mol. The van der Waals surface area contributed by atoms with Gasteiger partial charge in [-0.15, -0.1) is 0 Å². The van der Waals surface area contributed by atoms with Crippen molar-refractivity contribution in [3.05, 3.63) is 89.7 Å². The molecule has 3 rings (SSSR count). The fourth-order valence-electron chi connectivity index (χ4n) is 4.37. The van der Waals surface area contributed by atoms with Gasteiger partial charge in [0.2, 0.25) is 11.8 Å². The quantitative estimate of drug-likeness (QED) is 0.272. The molecule has 0 heterocycles. The SMILES string of the molecule is CCOc1ccc(S(=O)(=O)N(CC(=O)N(Cc2ccc(F)cc2)C(CC)C(=O)NCC(C)C)c2ccc(C)cc2)cc1. The number of anilines is 1. The number of aryl methyl sites for hydroxylation is 1. The fraction of sp³-hybridized carbons (Fsp3) is 0.375. The number of ether oxygens (including phenoxy) is 1. The second-order valence-electron chi connectivity index (χ2n) is 10.5. The lowest BCUT2D eigenvalue weighted by atomic mass is 10.1. The third-order valence-corrected chi connectivity index (χ3v) is 8.45. The van der Waals surface area contributed by atoms with Crippen molar-refractivity contribution in [2.24, 2.45) is 5.92 Å². The topological polar surface area (TPSA) is 96.0 Å². The van der Waals surface area contributed by atoms with E-state index in [4.69, 9.17) is 4.74 Å². The third-order valence-electron chi connectivity index (χ3n) is 6.66. The minimum Gasteiger partial charge on any atom is -0.494 e. The van der Waals surface area contributed by atoms with Gasteiger partial charge in [0.25, 0.3) is 10.0 Å². The van der Waals surface area contributed by atoms with E-state index in [9.17, 15) is 22.4 Å². The Morgan fingerprint density at radius 2 is 1.55 bits per heavy atom. The maximum atomic E-state index is 14.1. The number of benzene rings is 3. The lowest BCUT2D eigenvalue weighted by molar-refractivity contribution is -0.140. The van der Waals surface area contributed by atoms with E-state index < -0.39 is 34.3 Å². The van der Waals surface area contributed by atoms with Gasteiger partial charge in [-0.2, -0.15) is 0 Å². The second-order valence-corrected chi connectivity index (χ2v) is 12.3. The Kier molecular flexibility index (Phi) is 11.5. The summed E-state index contributed by atoms with van der Waals surface area (Å²) in [6.07, 6.45) is 0.299. The van der Waals surface area contributed by atoms with Gasteiger partial charge < -0.3 is 15.0 Å². The highest BCUT2D eigenvalue weighted by Gasteiger charge is 2.33. The number of sulfonamides is 1. The first-order valence-electron chi connectivity index (χ1n) is 14.1. The van der Waals surface area contributed by atoms with Crippen molar-refractivity contribution in [2.75, 3.05) is 24.0 Å². The molecule has 0 saturated heterocycles. The largest absolute Gasteiger partial charge is 0.494 e. The Morgan fingerprint density at radius 3 is 2.10 bits per heavy atom. The summed E-state index contributed by atoms with van der Waals surface area (Å²) in [4.78, 5) is 28.7. The number of hydrogen-bond donors (Lipinski definition) is 1. The zero-order valence-corrected chi connectivity index (χ0v) is 25.7. The summed E-state index contributed by atoms with van der Waals surface area (Å²) in [6.45, 7) is 9.75. The van der Waals surface area contributed by atoms with Crippen molar-refractivity contribution < 1.29 is 27.1 Å². The number of hydrogen-bond acceptors (Lipinski definition) is 5. The van der Waals surface area contributed by atoms with Gasteiger partial charge in [-0.1, -0.05) is 50.6 Å². The second kappa shape index (κ2) is 14.8. The molecule has 10 heteroatoms. The molecule has 0 fully saturated rings. The molecule has 1 unspecified atom stereocenters. The number of amides is 2. The first kappa shape index (κ1) is 32.6. The molecule has 2 amide bonds. The fourth-order valence-corrected chi connectivity index (χ4v) is 5.78.